The number of nitrogens with zero attached hydrogens (tertiary/aromatic N) is 7. The SMILES string of the molecule is C#Cc1ccc(S(=O)(=O)N2[C@H]3CNc4ncnc(N(C)Cc5ccc(N=[N+]=[N-])cc5)c4[C@@H]2OC3)cc1. The molecule has 0 unspecified atom stereocenters. The Morgan fingerprint density at radius 2 is 2.00 bits per heavy atom. The number of anilines is 2. The van der Waals surface area contributed by atoms with Crippen LogP contribution in [0.15, 0.2) is 64.9 Å². The second-order valence-corrected chi connectivity index (χ2v) is 10.2. The maximum atomic E-state index is 13.7. The molecule has 5 rings (SSSR count). The van der Waals surface area contributed by atoms with Crippen molar-refractivity contribution in [3.63, 3.8) is 0 Å². The van der Waals surface area contributed by atoms with Gasteiger partial charge in [0.25, 0.3) is 0 Å². The zero-order valence-corrected chi connectivity index (χ0v) is 20.1. The van der Waals surface area contributed by atoms with Gasteiger partial charge >= 0.3 is 0 Å². The second kappa shape index (κ2) is 9.49. The molecule has 182 valence electrons. The summed E-state index contributed by atoms with van der Waals surface area (Å²) in [5, 5.41) is 6.87. The summed E-state index contributed by atoms with van der Waals surface area (Å²) in [6, 6.07) is 13.0. The molecule has 2 bridgehead atoms. The van der Waals surface area contributed by atoms with E-state index in [0.29, 0.717) is 41.5 Å². The third-order valence-electron chi connectivity index (χ3n) is 6.13. The van der Waals surface area contributed by atoms with Crippen molar-refractivity contribution in [1.29, 1.82) is 0 Å². The number of terminal acetylenes is 1. The van der Waals surface area contributed by atoms with Crippen molar-refractivity contribution >= 4 is 27.3 Å². The van der Waals surface area contributed by atoms with Gasteiger partial charge < -0.3 is 15.0 Å². The molecule has 2 aliphatic heterocycles. The molecule has 2 aromatic carbocycles. The minimum atomic E-state index is -3.91. The predicted octanol–water partition coefficient (Wildman–Crippen LogP) is 3.55. The van der Waals surface area contributed by atoms with Gasteiger partial charge in [0.1, 0.15) is 18.0 Å². The Morgan fingerprint density at radius 1 is 1.25 bits per heavy atom. The highest BCUT2D eigenvalue weighted by Gasteiger charge is 2.48. The lowest BCUT2D eigenvalue weighted by Crippen LogP contribution is -2.40. The lowest BCUT2D eigenvalue weighted by molar-refractivity contribution is 0.0688. The first-order valence-electron chi connectivity index (χ1n) is 11.1. The summed E-state index contributed by atoms with van der Waals surface area (Å²) in [6.07, 6.45) is 5.97. The van der Waals surface area contributed by atoms with Gasteiger partial charge in [-0.05, 0) is 35.4 Å². The van der Waals surface area contributed by atoms with Gasteiger partial charge in [-0.3, -0.25) is 0 Å². The fourth-order valence-electron chi connectivity index (χ4n) is 4.41. The number of fused-ring (bicyclic) bond motifs is 4. The average molecular weight is 503 g/mol. The van der Waals surface area contributed by atoms with Crippen LogP contribution in [0, 0.1) is 12.3 Å². The topological polar surface area (TPSA) is 136 Å². The molecule has 1 saturated heterocycles. The van der Waals surface area contributed by atoms with E-state index in [4.69, 9.17) is 16.7 Å². The number of rotatable bonds is 6. The van der Waals surface area contributed by atoms with Crippen LogP contribution < -0.4 is 10.2 Å². The maximum Gasteiger partial charge on any atom is 0.245 e. The zero-order chi connectivity index (χ0) is 25.3. The van der Waals surface area contributed by atoms with Crippen LogP contribution in [0.5, 0.6) is 0 Å². The monoisotopic (exact) mass is 502 g/mol. The van der Waals surface area contributed by atoms with E-state index >= 15 is 0 Å². The van der Waals surface area contributed by atoms with E-state index in [2.05, 4.69) is 31.2 Å². The lowest BCUT2D eigenvalue weighted by Gasteiger charge is -2.28. The Labute approximate surface area is 208 Å². The number of azide groups is 1. The van der Waals surface area contributed by atoms with Crippen LogP contribution in [0.25, 0.3) is 10.4 Å². The normalized spacial score (nSPS) is 18.8. The molecule has 0 saturated carbocycles. The van der Waals surface area contributed by atoms with Gasteiger partial charge in [0.15, 0.2) is 6.23 Å². The molecule has 0 radical (unpaired) electrons. The van der Waals surface area contributed by atoms with Crippen LogP contribution in [-0.4, -0.2) is 48.9 Å². The van der Waals surface area contributed by atoms with Crippen molar-refractivity contribution in [1.82, 2.24) is 14.3 Å². The number of sulfonamides is 1. The molecular weight excluding hydrogens is 480 g/mol. The Balaban J connectivity index is 1.50. The molecule has 0 spiro atoms. The fourth-order valence-corrected chi connectivity index (χ4v) is 6.08. The summed E-state index contributed by atoms with van der Waals surface area (Å²) in [6.45, 7) is 1.04. The molecule has 1 N–H and O–H groups in total. The molecule has 2 atom stereocenters. The molecule has 36 heavy (non-hydrogen) atoms. The molecular formula is C24H22N8O3S. The van der Waals surface area contributed by atoms with Crippen molar-refractivity contribution in [3.8, 4) is 12.3 Å². The summed E-state index contributed by atoms with van der Waals surface area (Å²) in [5.41, 5.74) is 11.2. The van der Waals surface area contributed by atoms with E-state index in [1.807, 2.05) is 24.1 Å². The highest BCUT2D eigenvalue weighted by molar-refractivity contribution is 7.89. The highest BCUT2D eigenvalue weighted by Crippen LogP contribution is 2.44. The molecule has 1 aromatic heterocycles. The molecule has 11 nitrogen and oxygen atoms in total. The van der Waals surface area contributed by atoms with Crippen molar-refractivity contribution in [2.24, 2.45) is 5.11 Å². The first-order valence-corrected chi connectivity index (χ1v) is 12.5. The van der Waals surface area contributed by atoms with E-state index in [9.17, 15) is 8.42 Å². The highest BCUT2D eigenvalue weighted by atomic mass is 32.2. The minimum Gasteiger partial charge on any atom is -0.368 e. The second-order valence-electron chi connectivity index (χ2n) is 8.40. The van der Waals surface area contributed by atoms with E-state index in [1.54, 1.807) is 24.3 Å². The van der Waals surface area contributed by atoms with Crippen molar-refractivity contribution < 1.29 is 13.2 Å². The Kier molecular flexibility index (Phi) is 6.22. The smallest absolute Gasteiger partial charge is 0.245 e. The first-order chi connectivity index (χ1) is 17.4. The van der Waals surface area contributed by atoms with E-state index in [1.165, 1.54) is 22.8 Å². The van der Waals surface area contributed by atoms with Gasteiger partial charge in [-0.2, -0.15) is 4.31 Å². The Hall–Kier alpha value is -4.14. The van der Waals surface area contributed by atoms with Crippen molar-refractivity contribution in [2.45, 2.75) is 23.7 Å². The van der Waals surface area contributed by atoms with Crippen LogP contribution in [0.2, 0.25) is 0 Å². The number of nitrogens with one attached hydrogen (secondary N) is 1. The first kappa shape index (κ1) is 23.6. The summed E-state index contributed by atoms with van der Waals surface area (Å²) in [5.74, 6) is 3.57. The van der Waals surface area contributed by atoms with Crippen LogP contribution in [0.1, 0.15) is 22.9 Å². The summed E-state index contributed by atoms with van der Waals surface area (Å²) in [4.78, 5) is 13.7. The molecule has 1 fully saturated rings. The van der Waals surface area contributed by atoms with Crippen LogP contribution >= 0.6 is 0 Å². The number of benzene rings is 2. The molecule has 2 aliphatic rings. The minimum absolute atomic E-state index is 0.136. The van der Waals surface area contributed by atoms with E-state index < -0.39 is 22.3 Å². The van der Waals surface area contributed by atoms with Gasteiger partial charge in [0.05, 0.1) is 23.1 Å². The number of hydrogen-bond acceptors (Lipinski definition) is 8. The predicted molar refractivity (Wildman–Crippen MR) is 134 cm³/mol. The number of hydrogen-bond donors (Lipinski definition) is 1. The average Bonchev–Trinajstić information content (AvgIpc) is 3.24. The van der Waals surface area contributed by atoms with Crippen molar-refractivity contribution in [2.75, 3.05) is 30.4 Å². The van der Waals surface area contributed by atoms with Gasteiger partial charge in [-0.15, -0.1) is 6.42 Å². The van der Waals surface area contributed by atoms with Crippen LogP contribution in [-0.2, 0) is 21.3 Å². The summed E-state index contributed by atoms with van der Waals surface area (Å²) < 4.78 is 34.9. The zero-order valence-electron chi connectivity index (χ0n) is 19.3. The fraction of sp³-hybridized carbons (Fsp3) is 0.250. The summed E-state index contributed by atoms with van der Waals surface area (Å²) >= 11 is 0. The largest absolute Gasteiger partial charge is 0.368 e. The van der Waals surface area contributed by atoms with E-state index in [0.717, 1.165) is 5.56 Å². The van der Waals surface area contributed by atoms with Crippen molar-refractivity contribution in [3.05, 3.63) is 82.0 Å². The summed E-state index contributed by atoms with van der Waals surface area (Å²) in [7, 11) is -2.05. The quantitative estimate of drug-likeness (QED) is 0.236. The molecule has 0 amide bonds. The van der Waals surface area contributed by atoms with Crippen LogP contribution in [0.3, 0.4) is 0 Å². The van der Waals surface area contributed by atoms with Gasteiger partial charge in [-0.25, -0.2) is 18.4 Å². The Bertz CT molecular complexity index is 1480. The lowest BCUT2D eigenvalue weighted by atomic mass is 10.1. The van der Waals surface area contributed by atoms with Gasteiger partial charge in [0, 0.05) is 36.3 Å². The molecule has 12 heteroatoms. The third-order valence-corrected chi connectivity index (χ3v) is 8.04. The standard InChI is InChI=1S/C24H22N8O3S/c1-3-16-6-10-20(11-7-16)36(33,34)32-19-12-26-22-21(24(32)35-14-19)23(28-15-27-22)31(2)13-17-4-8-18(9-5-17)29-30-25/h1,4-11,15,19,24H,12-14H2,2H3,(H,26,27,28)/t19-,24-/m0/s1. The number of ether oxygens (including phenoxy) is 1. The van der Waals surface area contributed by atoms with Gasteiger partial charge in [0.2, 0.25) is 10.0 Å². The van der Waals surface area contributed by atoms with Gasteiger partial charge in [-0.1, -0.05) is 35.3 Å². The van der Waals surface area contributed by atoms with Crippen LogP contribution in [0.4, 0.5) is 17.3 Å². The third kappa shape index (κ3) is 4.21. The number of aromatic nitrogens is 2. The molecule has 3 aromatic rings. The van der Waals surface area contributed by atoms with E-state index in [-0.39, 0.29) is 11.5 Å². The Morgan fingerprint density at radius 3 is 2.69 bits per heavy atom. The maximum absolute atomic E-state index is 13.7. The molecule has 3 heterocycles. The molecule has 0 aliphatic carbocycles.